The van der Waals surface area contributed by atoms with Crippen molar-refractivity contribution in [2.75, 3.05) is 0 Å². The van der Waals surface area contributed by atoms with Crippen LogP contribution in [0.5, 0.6) is 0 Å². The average molecular weight is 139 g/mol. The standard InChI is InChI=1S/C9H17N/c1-9(2)6-3-4-7(9)8(10)5-6/h6-8H,3-5,10H2,1-2H3/t6-,7+,8-/m1/s1. The van der Waals surface area contributed by atoms with Crippen LogP contribution in [-0.2, 0) is 0 Å². The third-order valence-electron chi connectivity index (χ3n) is 3.91. The number of hydrogen-bond donors (Lipinski definition) is 1. The topological polar surface area (TPSA) is 26.0 Å². The minimum atomic E-state index is 0.522. The van der Waals surface area contributed by atoms with E-state index in [1.165, 1.54) is 19.3 Å². The lowest BCUT2D eigenvalue weighted by Crippen LogP contribution is -2.29. The maximum absolute atomic E-state index is 6.00. The van der Waals surface area contributed by atoms with Crippen LogP contribution in [0.2, 0.25) is 0 Å². The van der Waals surface area contributed by atoms with Crippen molar-refractivity contribution in [1.82, 2.24) is 0 Å². The highest BCUT2D eigenvalue weighted by molar-refractivity contribution is 5.03. The van der Waals surface area contributed by atoms with Crippen LogP contribution < -0.4 is 5.73 Å². The average Bonchev–Trinajstić information content (AvgIpc) is 2.20. The molecule has 1 nitrogen and oxygen atoms in total. The van der Waals surface area contributed by atoms with Crippen LogP contribution in [0.15, 0.2) is 0 Å². The molecule has 0 spiro atoms. The molecule has 2 aliphatic carbocycles. The van der Waals surface area contributed by atoms with Gasteiger partial charge in [0, 0.05) is 6.04 Å². The molecule has 0 aromatic heterocycles. The molecule has 0 aromatic rings. The molecule has 1 heteroatoms. The second kappa shape index (κ2) is 1.76. The summed E-state index contributed by atoms with van der Waals surface area (Å²) in [4.78, 5) is 0. The minimum absolute atomic E-state index is 0.522. The van der Waals surface area contributed by atoms with Gasteiger partial charge in [-0.05, 0) is 36.5 Å². The van der Waals surface area contributed by atoms with E-state index in [1.54, 1.807) is 0 Å². The lowest BCUT2D eigenvalue weighted by molar-refractivity contribution is 0.253. The Kier molecular flexibility index (Phi) is 1.17. The highest BCUT2D eigenvalue weighted by Gasteiger charge is 2.51. The van der Waals surface area contributed by atoms with Gasteiger partial charge in [-0.25, -0.2) is 0 Å². The fourth-order valence-corrected chi connectivity index (χ4v) is 3.11. The van der Waals surface area contributed by atoms with E-state index in [2.05, 4.69) is 13.8 Å². The van der Waals surface area contributed by atoms with Gasteiger partial charge in [-0.1, -0.05) is 13.8 Å². The molecule has 0 aromatic carbocycles. The summed E-state index contributed by atoms with van der Waals surface area (Å²) < 4.78 is 0. The lowest BCUT2D eigenvalue weighted by atomic mass is 9.82. The van der Waals surface area contributed by atoms with Crippen LogP contribution in [0, 0.1) is 17.3 Å². The summed E-state index contributed by atoms with van der Waals surface area (Å²) in [6.45, 7) is 4.78. The summed E-state index contributed by atoms with van der Waals surface area (Å²) in [6, 6.07) is 0.522. The first kappa shape index (κ1) is 6.66. The van der Waals surface area contributed by atoms with Crippen LogP contribution in [0.4, 0.5) is 0 Å². The van der Waals surface area contributed by atoms with Crippen molar-refractivity contribution < 1.29 is 0 Å². The smallest absolute Gasteiger partial charge is 0.00752 e. The molecule has 2 saturated carbocycles. The Bertz CT molecular complexity index is 151. The van der Waals surface area contributed by atoms with E-state index in [-0.39, 0.29) is 0 Å². The summed E-state index contributed by atoms with van der Waals surface area (Å²) in [7, 11) is 0. The van der Waals surface area contributed by atoms with E-state index in [0.29, 0.717) is 11.5 Å². The summed E-state index contributed by atoms with van der Waals surface area (Å²) in [5.74, 6) is 1.77. The van der Waals surface area contributed by atoms with E-state index in [0.717, 1.165) is 11.8 Å². The second-order valence-electron chi connectivity index (χ2n) is 4.60. The SMILES string of the molecule is CC1(C)[C@@H]2CC[C@H]1[C@H](N)C2. The van der Waals surface area contributed by atoms with Gasteiger partial charge in [-0.2, -0.15) is 0 Å². The molecule has 2 rings (SSSR count). The molecule has 2 N–H and O–H groups in total. The highest BCUT2D eigenvalue weighted by Crippen LogP contribution is 2.56. The maximum Gasteiger partial charge on any atom is 0.00752 e. The first-order valence-corrected chi connectivity index (χ1v) is 4.38. The molecular weight excluding hydrogens is 122 g/mol. The highest BCUT2D eigenvalue weighted by atomic mass is 14.7. The Labute approximate surface area is 63.0 Å². The predicted molar refractivity (Wildman–Crippen MR) is 42.6 cm³/mol. The molecule has 0 heterocycles. The Morgan fingerprint density at radius 2 is 2.00 bits per heavy atom. The van der Waals surface area contributed by atoms with E-state index < -0.39 is 0 Å². The molecule has 0 radical (unpaired) electrons. The molecule has 2 aliphatic rings. The van der Waals surface area contributed by atoms with Gasteiger partial charge in [0.2, 0.25) is 0 Å². The largest absolute Gasteiger partial charge is 0.327 e. The summed E-state index contributed by atoms with van der Waals surface area (Å²) >= 11 is 0. The Hall–Kier alpha value is -0.0400. The van der Waals surface area contributed by atoms with Crippen molar-refractivity contribution in [3.05, 3.63) is 0 Å². The molecule has 3 atom stereocenters. The monoisotopic (exact) mass is 139 g/mol. The third-order valence-corrected chi connectivity index (χ3v) is 3.91. The lowest BCUT2D eigenvalue weighted by Gasteiger charge is -2.24. The van der Waals surface area contributed by atoms with Gasteiger partial charge in [0.15, 0.2) is 0 Å². The molecule has 10 heavy (non-hydrogen) atoms. The second-order valence-corrected chi connectivity index (χ2v) is 4.60. The molecule has 0 aliphatic heterocycles. The van der Waals surface area contributed by atoms with Gasteiger partial charge >= 0.3 is 0 Å². The van der Waals surface area contributed by atoms with Crippen molar-refractivity contribution in [2.45, 2.75) is 39.2 Å². The Morgan fingerprint density at radius 3 is 2.20 bits per heavy atom. The molecule has 58 valence electrons. The van der Waals surface area contributed by atoms with Gasteiger partial charge in [-0.15, -0.1) is 0 Å². The van der Waals surface area contributed by atoms with Crippen molar-refractivity contribution in [1.29, 1.82) is 0 Å². The van der Waals surface area contributed by atoms with Crippen LogP contribution >= 0.6 is 0 Å². The van der Waals surface area contributed by atoms with E-state index in [4.69, 9.17) is 5.73 Å². The molecule has 0 unspecified atom stereocenters. The van der Waals surface area contributed by atoms with Gasteiger partial charge < -0.3 is 5.73 Å². The van der Waals surface area contributed by atoms with Gasteiger partial charge in [0.25, 0.3) is 0 Å². The van der Waals surface area contributed by atoms with Crippen LogP contribution in [-0.4, -0.2) is 6.04 Å². The fourth-order valence-electron chi connectivity index (χ4n) is 3.11. The van der Waals surface area contributed by atoms with E-state index >= 15 is 0 Å². The number of fused-ring (bicyclic) bond motifs is 2. The quantitative estimate of drug-likeness (QED) is 0.544. The summed E-state index contributed by atoms with van der Waals surface area (Å²) in [5, 5.41) is 0. The van der Waals surface area contributed by atoms with Crippen molar-refractivity contribution in [2.24, 2.45) is 23.0 Å². The Morgan fingerprint density at radius 1 is 1.30 bits per heavy atom. The first-order chi connectivity index (χ1) is 4.62. The van der Waals surface area contributed by atoms with Gasteiger partial charge in [0.1, 0.15) is 0 Å². The van der Waals surface area contributed by atoms with E-state index in [1.807, 2.05) is 0 Å². The normalized spacial score (nSPS) is 50.1. The number of hydrogen-bond acceptors (Lipinski definition) is 1. The number of rotatable bonds is 0. The zero-order valence-electron chi connectivity index (χ0n) is 6.93. The third kappa shape index (κ3) is 0.619. The fraction of sp³-hybridized carbons (Fsp3) is 1.00. The summed E-state index contributed by atoms with van der Waals surface area (Å²) in [5.41, 5.74) is 6.56. The zero-order valence-corrected chi connectivity index (χ0v) is 6.93. The van der Waals surface area contributed by atoms with Crippen LogP contribution in [0.3, 0.4) is 0 Å². The molecule has 2 fully saturated rings. The summed E-state index contributed by atoms with van der Waals surface area (Å²) in [6.07, 6.45) is 4.11. The minimum Gasteiger partial charge on any atom is -0.327 e. The maximum atomic E-state index is 6.00. The molecule has 0 saturated heterocycles. The van der Waals surface area contributed by atoms with Crippen LogP contribution in [0.1, 0.15) is 33.1 Å². The van der Waals surface area contributed by atoms with Crippen molar-refractivity contribution in [3.8, 4) is 0 Å². The molecule has 2 bridgehead atoms. The Balaban J connectivity index is 2.27. The van der Waals surface area contributed by atoms with Crippen molar-refractivity contribution in [3.63, 3.8) is 0 Å². The predicted octanol–water partition coefficient (Wildman–Crippen LogP) is 1.77. The number of nitrogens with two attached hydrogens (primary N) is 1. The first-order valence-electron chi connectivity index (χ1n) is 4.38. The van der Waals surface area contributed by atoms with Gasteiger partial charge in [0.05, 0.1) is 0 Å². The van der Waals surface area contributed by atoms with Crippen molar-refractivity contribution >= 4 is 0 Å². The van der Waals surface area contributed by atoms with Crippen LogP contribution in [0.25, 0.3) is 0 Å². The van der Waals surface area contributed by atoms with Gasteiger partial charge in [-0.3, -0.25) is 0 Å². The zero-order chi connectivity index (χ0) is 7.35. The molecule has 0 amide bonds. The van der Waals surface area contributed by atoms with E-state index in [9.17, 15) is 0 Å². The molecular formula is C9H17N.